The molecule has 1 heterocycles. The van der Waals surface area contributed by atoms with Crippen molar-refractivity contribution in [3.63, 3.8) is 0 Å². The first kappa shape index (κ1) is 12.1. The van der Waals surface area contributed by atoms with Crippen molar-refractivity contribution in [3.05, 3.63) is 70.7 Å². The number of benzene rings is 3. The van der Waals surface area contributed by atoms with Gasteiger partial charge in [-0.2, -0.15) is 0 Å². The first-order valence-corrected chi connectivity index (χ1v) is 7.19. The van der Waals surface area contributed by atoms with Crippen molar-refractivity contribution >= 4 is 34.0 Å². The van der Waals surface area contributed by atoms with Crippen LogP contribution in [0.3, 0.4) is 0 Å². The molecule has 1 aliphatic heterocycles. The Morgan fingerprint density at radius 1 is 0.850 bits per heavy atom. The molecule has 0 saturated heterocycles. The Hall–Kier alpha value is -1.70. The number of fused-ring (bicyclic) bond motifs is 4. The molecule has 1 unspecified atom stereocenters. The van der Waals surface area contributed by atoms with Gasteiger partial charge in [0, 0.05) is 26.9 Å². The Kier molecular flexibility index (Phi) is 2.66. The van der Waals surface area contributed by atoms with Gasteiger partial charge in [-0.15, -0.1) is 11.6 Å². The van der Waals surface area contributed by atoms with Crippen molar-refractivity contribution in [2.45, 2.75) is 5.38 Å². The van der Waals surface area contributed by atoms with E-state index in [2.05, 4.69) is 0 Å². The summed E-state index contributed by atoms with van der Waals surface area (Å²) in [4.78, 5) is 0. The van der Waals surface area contributed by atoms with Crippen LogP contribution in [-0.2, 0) is 0 Å². The predicted octanol–water partition coefficient (Wildman–Crippen LogP) is 5.93. The summed E-state index contributed by atoms with van der Waals surface area (Å²) in [7, 11) is 0. The number of para-hydroxylation sites is 1. The van der Waals surface area contributed by atoms with Crippen LogP contribution in [0, 0.1) is 0 Å². The first-order valence-electron chi connectivity index (χ1n) is 6.37. The lowest BCUT2D eigenvalue weighted by molar-refractivity contribution is 0.464. The molecule has 98 valence electrons. The van der Waals surface area contributed by atoms with Gasteiger partial charge in [0.25, 0.3) is 0 Å². The van der Waals surface area contributed by atoms with Gasteiger partial charge in [0.15, 0.2) is 0 Å². The van der Waals surface area contributed by atoms with E-state index in [1.165, 1.54) is 0 Å². The average molecular weight is 301 g/mol. The number of alkyl halides is 1. The first-order chi connectivity index (χ1) is 9.75. The highest BCUT2D eigenvalue weighted by molar-refractivity contribution is 6.36. The topological polar surface area (TPSA) is 9.23 Å². The van der Waals surface area contributed by atoms with E-state index in [1.807, 2.05) is 54.6 Å². The highest BCUT2D eigenvalue weighted by Crippen LogP contribution is 2.50. The van der Waals surface area contributed by atoms with Gasteiger partial charge in [0.05, 0.1) is 5.38 Å². The van der Waals surface area contributed by atoms with Crippen LogP contribution in [0.2, 0.25) is 5.02 Å². The third kappa shape index (κ3) is 1.64. The summed E-state index contributed by atoms with van der Waals surface area (Å²) in [6.07, 6.45) is 0. The molecule has 0 bridgehead atoms. The van der Waals surface area contributed by atoms with Crippen molar-refractivity contribution in [2.24, 2.45) is 0 Å². The van der Waals surface area contributed by atoms with E-state index in [4.69, 9.17) is 27.9 Å². The van der Waals surface area contributed by atoms with Gasteiger partial charge in [0.2, 0.25) is 0 Å². The van der Waals surface area contributed by atoms with E-state index in [-0.39, 0.29) is 5.38 Å². The van der Waals surface area contributed by atoms with Gasteiger partial charge in [-0.1, -0.05) is 54.1 Å². The normalized spacial score (nSPS) is 16.4. The molecule has 0 N–H and O–H groups in total. The van der Waals surface area contributed by atoms with Crippen LogP contribution in [-0.4, -0.2) is 0 Å². The Labute approximate surface area is 126 Å². The Morgan fingerprint density at radius 3 is 2.40 bits per heavy atom. The summed E-state index contributed by atoms with van der Waals surface area (Å²) in [5.74, 6) is 1.62. The largest absolute Gasteiger partial charge is 0.456 e. The average Bonchev–Trinajstić information content (AvgIpc) is 2.49. The van der Waals surface area contributed by atoms with E-state index in [9.17, 15) is 0 Å². The summed E-state index contributed by atoms with van der Waals surface area (Å²) < 4.78 is 6.07. The lowest BCUT2D eigenvalue weighted by Crippen LogP contribution is -2.06. The van der Waals surface area contributed by atoms with Gasteiger partial charge < -0.3 is 4.74 Å². The second-order valence-electron chi connectivity index (χ2n) is 4.82. The SMILES string of the molecule is Clc1cc2c(c3ccccc13)Oc1ccccc1C2Cl. The van der Waals surface area contributed by atoms with Gasteiger partial charge in [-0.05, 0) is 12.1 Å². The second kappa shape index (κ2) is 4.41. The fourth-order valence-electron chi connectivity index (χ4n) is 2.69. The standard InChI is InChI=1S/C17H10Cl2O/c18-14-9-13-16(19)12-7-3-4-8-15(12)20-17(13)11-6-2-1-5-10(11)14/h1-9,16H. The lowest BCUT2D eigenvalue weighted by atomic mass is 9.96. The molecule has 1 nitrogen and oxygen atoms in total. The number of ether oxygens (including phenoxy) is 1. The summed E-state index contributed by atoms with van der Waals surface area (Å²) >= 11 is 13.0. The van der Waals surface area contributed by atoms with Crippen molar-refractivity contribution in [1.29, 1.82) is 0 Å². The summed E-state index contributed by atoms with van der Waals surface area (Å²) in [5, 5.41) is 2.44. The zero-order valence-electron chi connectivity index (χ0n) is 10.4. The molecular formula is C17H10Cl2O. The highest BCUT2D eigenvalue weighted by Gasteiger charge is 2.27. The van der Waals surface area contributed by atoms with E-state index in [0.29, 0.717) is 5.02 Å². The number of halogens is 2. The smallest absolute Gasteiger partial charge is 0.140 e. The van der Waals surface area contributed by atoms with Crippen LogP contribution in [0.1, 0.15) is 16.5 Å². The van der Waals surface area contributed by atoms with Crippen molar-refractivity contribution in [2.75, 3.05) is 0 Å². The minimum absolute atomic E-state index is 0.239. The third-order valence-corrected chi connectivity index (χ3v) is 4.43. The molecule has 20 heavy (non-hydrogen) atoms. The number of hydrogen-bond donors (Lipinski definition) is 0. The molecule has 4 rings (SSSR count). The molecule has 3 aromatic rings. The van der Waals surface area contributed by atoms with E-state index in [1.54, 1.807) is 0 Å². The Balaban J connectivity index is 2.06. The van der Waals surface area contributed by atoms with Gasteiger partial charge in [-0.3, -0.25) is 0 Å². The van der Waals surface area contributed by atoms with Crippen LogP contribution in [0.25, 0.3) is 10.8 Å². The fourth-order valence-corrected chi connectivity index (χ4v) is 3.31. The van der Waals surface area contributed by atoms with Crippen LogP contribution in [0.4, 0.5) is 0 Å². The molecule has 3 heteroatoms. The third-order valence-electron chi connectivity index (χ3n) is 3.65. The lowest BCUT2D eigenvalue weighted by Gasteiger charge is -2.26. The number of rotatable bonds is 0. The molecule has 1 atom stereocenters. The van der Waals surface area contributed by atoms with Crippen LogP contribution < -0.4 is 4.74 Å². The van der Waals surface area contributed by atoms with Crippen LogP contribution in [0.5, 0.6) is 11.5 Å². The quantitative estimate of drug-likeness (QED) is 0.468. The fraction of sp³-hybridized carbons (Fsp3) is 0.0588. The van der Waals surface area contributed by atoms with Gasteiger partial charge in [0.1, 0.15) is 11.5 Å². The maximum Gasteiger partial charge on any atom is 0.140 e. The molecule has 0 spiro atoms. The second-order valence-corrected chi connectivity index (χ2v) is 5.67. The summed E-state index contributed by atoms with van der Waals surface area (Å²) in [6.45, 7) is 0. The minimum Gasteiger partial charge on any atom is -0.456 e. The Morgan fingerprint density at radius 2 is 1.55 bits per heavy atom. The van der Waals surface area contributed by atoms with Crippen LogP contribution in [0.15, 0.2) is 54.6 Å². The van der Waals surface area contributed by atoms with E-state index in [0.717, 1.165) is 33.4 Å². The molecule has 0 saturated carbocycles. The minimum atomic E-state index is -0.239. The monoisotopic (exact) mass is 300 g/mol. The number of hydrogen-bond acceptors (Lipinski definition) is 1. The van der Waals surface area contributed by atoms with Gasteiger partial charge in [-0.25, -0.2) is 0 Å². The van der Waals surface area contributed by atoms with Crippen LogP contribution >= 0.6 is 23.2 Å². The predicted molar refractivity (Wildman–Crippen MR) is 83.2 cm³/mol. The van der Waals surface area contributed by atoms with Crippen molar-refractivity contribution in [1.82, 2.24) is 0 Å². The van der Waals surface area contributed by atoms with Crippen molar-refractivity contribution < 1.29 is 4.74 Å². The molecule has 1 aliphatic rings. The molecule has 0 fully saturated rings. The molecular weight excluding hydrogens is 291 g/mol. The maximum atomic E-state index is 6.61. The summed E-state index contributed by atoms with van der Waals surface area (Å²) in [5.41, 5.74) is 1.90. The van der Waals surface area contributed by atoms with E-state index >= 15 is 0 Å². The van der Waals surface area contributed by atoms with E-state index < -0.39 is 0 Å². The molecule has 0 aliphatic carbocycles. The molecule has 0 amide bonds. The zero-order valence-corrected chi connectivity index (χ0v) is 11.9. The summed E-state index contributed by atoms with van der Waals surface area (Å²) in [6, 6.07) is 17.7. The van der Waals surface area contributed by atoms with Crippen molar-refractivity contribution in [3.8, 4) is 11.5 Å². The molecule has 0 radical (unpaired) electrons. The van der Waals surface area contributed by atoms with Gasteiger partial charge >= 0.3 is 0 Å². The highest BCUT2D eigenvalue weighted by atomic mass is 35.5. The zero-order chi connectivity index (χ0) is 13.7. The molecule has 0 aromatic heterocycles. The Bertz CT molecular complexity index is 826. The maximum absolute atomic E-state index is 6.61. The molecule has 3 aromatic carbocycles.